The first-order valence-corrected chi connectivity index (χ1v) is 7.05. The van der Waals surface area contributed by atoms with Gasteiger partial charge in [-0.2, -0.15) is 0 Å². The van der Waals surface area contributed by atoms with Gasteiger partial charge in [0, 0.05) is 31.0 Å². The number of pyridine rings is 1. The molecule has 2 rings (SSSR count). The van der Waals surface area contributed by atoms with Gasteiger partial charge in [0.15, 0.2) is 0 Å². The summed E-state index contributed by atoms with van der Waals surface area (Å²) in [6.45, 7) is 1.01. The van der Waals surface area contributed by atoms with Crippen molar-refractivity contribution in [2.75, 3.05) is 13.2 Å². The molecular formula is C13H17BrN2O2. The first-order valence-electron chi connectivity index (χ1n) is 6.26. The molecule has 0 radical (unpaired) electrons. The predicted molar refractivity (Wildman–Crippen MR) is 72.3 cm³/mol. The van der Waals surface area contributed by atoms with Gasteiger partial charge >= 0.3 is 0 Å². The normalized spacial score (nSPS) is 19.2. The third kappa shape index (κ3) is 3.09. The highest BCUT2D eigenvalue weighted by atomic mass is 79.9. The molecule has 1 aromatic rings. The van der Waals surface area contributed by atoms with Crippen molar-refractivity contribution in [1.82, 2.24) is 9.88 Å². The Morgan fingerprint density at radius 2 is 2.44 bits per heavy atom. The molecule has 4 nitrogen and oxygen atoms in total. The molecule has 98 valence electrons. The summed E-state index contributed by atoms with van der Waals surface area (Å²) >= 11 is 3.28. The van der Waals surface area contributed by atoms with Crippen LogP contribution in [-0.4, -0.2) is 40.1 Å². The topological polar surface area (TPSA) is 53.4 Å². The van der Waals surface area contributed by atoms with Crippen LogP contribution in [0.4, 0.5) is 0 Å². The fourth-order valence-electron chi connectivity index (χ4n) is 2.43. The van der Waals surface area contributed by atoms with E-state index in [0.29, 0.717) is 10.2 Å². The summed E-state index contributed by atoms with van der Waals surface area (Å²) in [5, 5.41) is 8.89. The fraction of sp³-hybridized carbons (Fsp3) is 0.538. The molecule has 1 aliphatic heterocycles. The minimum absolute atomic E-state index is 0.0681. The third-order valence-electron chi connectivity index (χ3n) is 3.31. The van der Waals surface area contributed by atoms with Gasteiger partial charge in [0.1, 0.15) is 4.60 Å². The van der Waals surface area contributed by atoms with Crippen molar-refractivity contribution >= 4 is 21.8 Å². The molecule has 0 bridgehead atoms. The minimum atomic E-state index is 0.0681. The second-order valence-corrected chi connectivity index (χ2v) is 5.34. The molecule has 1 amide bonds. The molecule has 1 aliphatic rings. The molecule has 1 atom stereocenters. The molecular weight excluding hydrogens is 296 g/mol. The maximum absolute atomic E-state index is 12.4. The third-order valence-corrected chi connectivity index (χ3v) is 3.74. The molecule has 0 spiro atoms. The van der Waals surface area contributed by atoms with E-state index >= 15 is 0 Å². The van der Waals surface area contributed by atoms with E-state index in [4.69, 9.17) is 5.11 Å². The first kappa shape index (κ1) is 13.5. The number of aromatic nitrogens is 1. The van der Waals surface area contributed by atoms with Gasteiger partial charge in [0.25, 0.3) is 5.91 Å². The van der Waals surface area contributed by atoms with Crippen LogP contribution in [0.15, 0.2) is 22.9 Å². The van der Waals surface area contributed by atoms with E-state index in [1.54, 1.807) is 18.3 Å². The Kier molecular flexibility index (Phi) is 4.72. The van der Waals surface area contributed by atoms with Gasteiger partial charge in [0.05, 0.1) is 0 Å². The van der Waals surface area contributed by atoms with Crippen LogP contribution < -0.4 is 0 Å². The number of amides is 1. The quantitative estimate of drug-likeness (QED) is 0.867. The Labute approximate surface area is 115 Å². The van der Waals surface area contributed by atoms with E-state index in [9.17, 15) is 4.79 Å². The van der Waals surface area contributed by atoms with Crippen molar-refractivity contribution in [2.24, 2.45) is 0 Å². The summed E-state index contributed by atoms with van der Waals surface area (Å²) in [4.78, 5) is 18.3. The molecule has 2 heterocycles. The smallest absolute Gasteiger partial charge is 0.254 e. The Balaban J connectivity index is 2.08. The van der Waals surface area contributed by atoms with Crippen LogP contribution in [0.1, 0.15) is 36.0 Å². The lowest BCUT2D eigenvalue weighted by atomic mass is 10.1. The Bertz CT molecular complexity index is 425. The van der Waals surface area contributed by atoms with Crippen molar-refractivity contribution < 1.29 is 9.90 Å². The number of carbonyl (C=O) groups excluding carboxylic acids is 1. The van der Waals surface area contributed by atoms with E-state index in [-0.39, 0.29) is 18.6 Å². The van der Waals surface area contributed by atoms with Crippen molar-refractivity contribution in [1.29, 1.82) is 0 Å². The van der Waals surface area contributed by atoms with Crippen molar-refractivity contribution in [3.8, 4) is 0 Å². The Morgan fingerprint density at radius 3 is 3.17 bits per heavy atom. The van der Waals surface area contributed by atoms with E-state index in [1.165, 1.54) is 0 Å². The monoisotopic (exact) mass is 312 g/mol. The lowest BCUT2D eigenvalue weighted by Crippen LogP contribution is -2.35. The number of hydrogen-bond donors (Lipinski definition) is 1. The van der Waals surface area contributed by atoms with E-state index in [0.717, 1.165) is 32.2 Å². The minimum Gasteiger partial charge on any atom is -0.396 e. The molecule has 1 saturated heterocycles. The summed E-state index contributed by atoms with van der Waals surface area (Å²) in [5.41, 5.74) is 0.674. The van der Waals surface area contributed by atoms with Crippen LogP contribution in [0.5, 0.6) is 0 Å². The first-order chi connectivity index (χ1) is 8.72. The summed E-state index contributed by atoms with van der Waals surface area (Å²) < 4.78 is 0.680. The van der Waals surface area contributed by atoms with E-state index in [2.05, 4.69) is 20.9 Å². The Morgan fingerprint density at radius 1 is 1.61 bits per heavy atom. The summed E-state index contributed by atoms with van der Waals surface area (Å²) in [6.07, 6.45) is 5.37. The maximum Gasteiger partial charge on any atom is 0.254 e. The fourth-order valence-corrected chi connectivity index (χ4v) is 2.80. The molecule has 1 aromatic heterocycles. The van der Waals surface area contributed by atoms with Crippen LogP contribution >= 0.6 is 15.9 Å². The zero-order chi connectivity index (χ0) is 13.0. The van der Waals surface area contributed by atoms with Gasteiger partial charge in [-0.1, -0.05) is 0 Å². The van der Waals surface area contributed by atoms with Gasteiger partial charge in [0.2, 0.25) is 0 Å². The standard InChI is InChI=1S/C13H17BrN2O2/c14-12-9-10(5-6-15-12)13(18)16-7-1-3-11(16)4-2-8-17/h5-6,9,11,17H,1-4,7-8H2. The van der Waals surface area contributed by atoms with E-state index in [1.807, 2.05) is 4.90 Å². The molecule has 1 unspecified atom stereocenters. The number of rotatable bonds is 4. The summed E-state index contributed by atoms with van der Waals surface area (Å²) in [5.74, 6) is 0.0681. The number of aliphatic hydroxyl groups is 1. The van der Waals surface area contributed by atoms with Crippen LogP contribution in [0, 0.1) is 0 Å². The largest absolute Gasteiger partial charge is 0.396 e. The average Bonchev–Trinajstić information content (AvgIpc) is 2.83. The van der Waals surface area contributed by atoms with Crippen LogP contribution in [0.25, 0.3) is 0 Å². The van der Waals surface area contributed by atoms with Crippen LogP contribution in [-0.2, 0) is 0 Å². The van der Waals surface area contributed by atoms with Gasteiger partial charge in [-0.3, -0.25) is 4.79 Å². The summed E-state index contributed by atoms with van der Waals surface area (Å²) in [6, 6.07) is 3.77. The lowest BCUT2D eigenvalue weighted by molar-refractivity contribution is 0.0724. The number of hydrogen-bond acceptors (Lipinski definition) is 3. The SMILES string of the molecule is O=C(c1ccnc(Br)c1)N1CCCC1CCCO. The van der Waals surface area contributed by atoms with Crippen molar-refractivity contribution in [3.05, 3.63) is 28.5 Å². The summed E-state index contributed by atoms with van der Waals surface area (Å²) in [7, 11) is 0. The van der Waals surface area contributed by atoms with Gasteiger partial charge in [-0.15, -0.1) is 0 Å². The maximum atomic E-state index is 12.4. The number of halogens is 1. The molecule has 5 heteroatoms. The van der Waals surface area contributed by atoms with Gasteiger partial charge in [-0.05, 0) is 53.7 Å². The second kappa shape index (κ2) is 6.29. The molecule has 0 aliphatic carbocycles. The van der Waals surface area contributed by atoms with Crippen LogP contribution in [0.3, 0.4) is 0 Å². The van der Waals surface area contributed by atoms with E-state index < -0.39 is 0 Å². The van der Waals surface area contributed by atoms with Crippen molar-refractivity contribution in [2.45, 2.75) is 31.7 Å². The molecule has 1 fully saturated rings. The lowest BCUT2D eigenvalue weighted by Gasteiger charge is -2.24. The number of likely N-dealkylation sites (tertiary alicyclic amines) is 1. The molecule has 1 N–H and O–H groups in total. The predicted octanol–water partition coefficient (Wildman–Crippen LogP) is 2.22. The number of aliphatic hydroxyl groups excluding tert-OH is 1. The highest BCUT2D eigenvalue weighted by Crippen LogP contribution is 2.24. The van der Waals surface area contributed by atoms with Crippen LogP contribution in [0.2, 0.25) is 0 Å². The number of nitrogens with zero attached hydrogens (tertiary/aromatic N) is 2. The second-order valence-electron chi connectivity index (χ2n) is 4.53. The van der Waals surface area contributed by atoms with Gasteiger partial charge < -0.3 is 10.0 Å². The molecule has 18 heavy (non-hydrogen) atoms. The molecule has 0 saturated carbocycles. The van der Waals surface area contributed by atoms with Gasteiger partial charge in [-0.25, -0.2) is 4.98 Å². The highest BCUT2D eigenvalue weighted by molar-refractivity contribution is 9.10. The highest BCUT2D eigenvalue weighted by Gasteiger charge is 2.28. The number of carbonyl (C=O) groups is 1. The Hall–Kier alpha value is -0.940. The average molecular weight is 313 g/mol. The van der Waals surface area contributed by atoms with Crippen molar-refractivity contribution in [3.63, 3.8) is 0 Å². The molecule has 0 aromatic carbocycles. The zero-order valence-corrected chi connectivity index (χ0v) is 11.8. The zero-order valence-electron chi connectivity index (χ0n) is 10.2.